The number of anilines is 1. The fraction of sp³-hybridized carbons (Fsp3) is 0.611. The van der Waals surface area contributed by atoms with E-state index >= 15 is 0 Å². The molecule has 0 aromatic carbocycles. The predicted octanol–water partition coefficient (Wildman–Crippen LogP) is 3.27. The Hall–Kier alpha value is -2.34. The van der Waals surface area contributed by atoms with Crippen molar-refractivity contribution in [3.05, 3.63) is 17.0 Å². The number of H-pyrrole nitrogens is 1. The van der Waals surface area contributed by atoms with Gasteiger partial charge in [-0.3, -0.25) is 5.32 Å². The number of hydrogen-bond donors (Lipinski definition) is 2. The Morgan fingerprint density at radius 3 is 2.37 bits per heavy atom. The molecule has 0 aliphatic carbocycles. The number of carbonyl (C=O) groups excluding carboxylic acids is 2. The van der Waals surface area contributed by atoms with Crippen molar-refractivity contribution in [1.82, 2.24) is 10.3 Å². The number of aryl methyl sites for hydroxylation is 1. The molecule has 0 bridgehead atoms. The van der Waals surface area contributed by atoms with Gasteiger partial charge in [-0.25, -0.2) is 22.8 Å². The van der Waals surface area contributed by atoms with E-state index in [2.05, 4.69) is 10.3 Å². The summed E-state index contributed by atoms with van der Waals surface area (Å²) in [5, 5.41) is 2.19. The first-order valence-corrected chi connectivity index (χ1v) is 9.65. The lowest BCUT2D eigenvalue weighted by molar-refractivity contribution is -0.0628. The minimum absolute atomic E-state index is 0.0655. The molecule has 12 heteroatoms. The van der Waals surface area contributed by atoms with Crippen molar-refractivity contribution in [2.45, 2.75) is 40.2 Å². The summed E-state index contributed by atoms with van der Waals surface area (Å²) in [7, 11) is 0. The standard InChI is InChI=1S/C18H26F3N3O5S/c1-5-27-16(25)13-14(10(3)11(4)22-13)24(17(30)23-18(26)28-6-2)7-8-29-12(9-19)15(20)21/h12,15,22H,5-9H2,1-4H3,(H,23,26,30). The van der Waals surface area contributed by atoms with Gasteiger partial charge in [-0.05, 0) is 45.5 Å². The fourth-order valence-corrected chi connectivity index (χ4v) is 2.78. The minimum atomic E-state index is -3.00. The molecule has 30 heavy (non-hydrogen) atoms. The van der Waals surface area contributed by atoms with Gasteiger partial charge in [0.1, 0.15) is 18.5 Å². The van der Waals surface area contributed by atoms with E-state index in [0.717, 1.165) is 0 Å². The van der Waals surface area contributed by atoms with Gasteiger partial charge in [0.15, 0.2) is 5.11 Å². The lowest BCUT2D eigenvalue weighted by Crippen LogP contribution is -2.45. The summed E-state index contributed by atoms with van der Waals surface area (Å²) in [6.45, 7) is 5.02. The molecule has 8 nitrogen and oxygen atoms in total. The first-order valence-electron chi connectivity index (χ1n) is 9.25. The average Bonchev–Trinajstić information content (AvgIpc) is 2.97. The Balaban J connectivity index is 3.21. The molecular formula is C18H26F3N3O5S. The van der Waals surface area contributed by atoms with Gasteiger partial charge in [-0.15, -0.1) is 0 Å². The third-order valence-electron chi connectivity index (χ3n) is 4.03. The summed E-state index contributed by atoms with van der Waals surface area (Å²) in [6.07, 6.45) is -5.72. The molecule has 1 aromatic rings. The molecule has 1 amide bonds. The highest BCUT2D eigenvalue weighted by Crippen LogP contribution is 2.29. The van der Waals surface area contributed by atoms with E-state index in [-0.39, 0.29) is 42.9 Å². The Bertz CT molecular complexity index is 745. The summed E-state index contributed by atoms with van der Waals surface area (Å²) in [5.74, 6) is -0.664. The zero-order chi connectivity index (χ0) is 22.8. The van der Waals surface area contributed by atoms with Crippen LogP contribution in [0.3, 0.4) is 0 Å². The molecule has 1 rings (SSSR count). The highest BCUT2D eigenvalue weighted by Gasteiger charge is 2.28. The highest BCUT2D eigenvalue weighted by molar-refractivity contribution is 7.80. The Morgan fingerprint density at radius 2 is 1.83 bits per heavy atom. The molecular weight excluding hydrogens is 427 g/mol. The van der Waals surface area contributed by atoms with E-state index in [1.54, 1.807) is 27.7 Å². The zero-order valence-electron chi connectivity index (χ0n) is 17.2. The Labute approximate surface area is 178 Å². The smallest absolute Gasteiger partial charge is 0.413 e. The maximum atomic E-state index is 12.7. The van der Waals surface area contributed by atoms with E-state index in [4.69, 9.17) is 26.4 Å². The van der Waals surface area contributed by atoms with Crippen LogP contribution in [0.1, 0.15) is 35.6 Å². The molecule has 0 radical (unpaired) electrons. The van der Waals surface area contributed by atoms with Crippen LogP contribution < -0.4 is 10.2 Å². The molecule has 1 aromatic heterocycles. The van der Waals surface area contributed by atoms with Crippen LogP contribution in [-0.4, -0.2) is 67.7 Å². The number of thiocarbonyl (C=S) groups is 1. The number of amides is 1. The zero-order valence-corrected chi connectivity index (χ0v) is 18.0. The number of ether oxygens (including phenoxy) is 3. The number of hydrogen-bond acceptors (Lipinski definition) is 6. The van der Waals surface area contributed by atoms with Crippen molar-refractivity contribution in [2.75, 3.05) is 37.9 Å². The number of rotatable bonds is 10. The van der Waals surface area contributed by atoms with Gasteiger partial charge in [0.05, 0.1) is 25.5 Å². The van der Waals surface area contributed by atoms with Crippen LogP contribution in [0.5, 0.6) is 0 Å². The van der Waals surface area contributed by atoms with Gasteiger partial charge in [-0.2, -0.15) is 0 Å². The SMILES string of the molecule is CCOC(=O)NC(=S)N(CCOC(CF)C(F)F)c1c(C(=O)OCC)[nH]c(C)c1C. The lowest BCUT2D eigenvalue weighted by atomic mass is 10.2. The van der Waals surface area contributed by atoms with Gasteiger partial charge < -0.3 is 24.1 Å². The average molecular weight is 453 g/mol. The fourth-order valence-electron chi connectivity index (χ4n) is 2.51. The predicted molar refractivity (Wildman–Crippen MR) is 108 cm³/mol. The summed E-state index contributed by atoms with van der Waals surface area (Å²) < 4.78 is 52.9. The number of aromatic nitrogens is 1. The van der Waals surface area contributed by atoms with Crippen molar-refractivity contribution in [1.29, 1.82) is 0 Å². The first kappa shape index (κ1) is 25.7. The van der Waals surface area contributed by atoms with Crippen molar-refractivity contribution in [3.8, 4) is 0 Å². The summed E-state index contributed by atoms with van der Waals surface area (Å²) in [4.78, 5) is 28.4. The van der Waals surface area contributed by atoms with Crippen LogP contribution in [0.2, 0.25) is 0 Å². The quantitative estimate of drug-likeness (QED) is 0.415. The third kappa shape index (κ3) is 6.87. The topological polar surface area (TPSA) is 92.9 Å². The van der Waals surface area contributed by atoms with Crippen LogP contribution >= 0.6 is 12.2 Å². The maximum Gasteiger partial charge on any atom is 0.413 e. The largest absolute Gasteiger partial charge is 0.461 e. The monoisotopic (exact) mass is 453 g/mol. The minimum Gasteiger partial charge on any atom is -0.461 e. The van der Waals surface area contributed by atoms with Crippen LogP contribution in [-0.2, 0) is 14.2 Å². The van der Waals surface area contributed by atoms with Crippen molar-refractivity contribution in [3.63, 3.8) is 0 Å². The molecule has 0 aliphatic heterocycles. The normalized spacial score (nSPS) is 11.9. The number of esters is 1. The molecule has 0 aliphatic rings. The molecule has 1 unspecified atom stereocenters. The van der Waals surface area contributed by atoms with E-state index in [1.165, 1.54) is 4.90 Å². The second kappa shape index (κ2) is 12.4. The maximum absolute atomic E-state index is 12.7. The number of carbonyl (C=O) groups is 2. The van der Waals surface area contributed by atoms with Gasteiger partial charge in [0, 0.05) is 12.2 Å². The van der Waals surface area contributed by atoms with Crippen molar-refractivity contribution >= 4 is 35.1 Å². The second-order valence-electron chi connectivity index (χ2n) is 6.02. The molecule has 1 heterocycles. The van der Waals surface area contributed by atoms with Crippen molar-refractivity contribution < 1.29 is 37.0 Å². The summed E-state index contributed by atoms with van der Waals surface area (Å²) in [6, 6.07) is 0. The molecule has 2 N–H and O–H groups in total. The molecule has 0 saturated carbocycles. The third-order valence-corrected chi connectivity index (χ3v) is 4.35. The number of alkyl carbamates (subject to hydrolysis) is 1. The first-order chi connectivity index (χ1) is 14.2. The Morgan fingerprint density at radius 1 is 1.20 bits per heavy atom. The molecule has 0 spiro atoms. The lowest BCUT2D eigenvalue weighted by Gasteiger charge is -2.27. The summed E-state index contributed by atoms with van der Waals surface area (Å²) in [5.41, 5.74) is 1.59. The van der Waals surface area contributed by atoms with E-state index in [0.29, 0.717) is 11.3 Å². The number of alkyl halides is 3. The second-order valence-corrected chi connectivity index (χ2v) is 6.41. The number of nitrogens with one attached hydrogen (secondary N) is 2. The highest BCUT2D eigenvalue weighted by atomic mass is 32.1. The van der Waals surface area contributed by atoms with Crippen molar-refractivity contribution in [2.24, 2.45) is 0 Å². The van der Waals surface area contributed by atoms with Crippen LogP contribution in [0.4, 0.5) is 23.7 Å². The molecule has 0 fully saturated rings. The number of halogens is 3. The van der Waals surface area contributed by atoms with E-state index in [9.17, 15) is 22.8 Å². The van der Waals surface area contributed by atoms with Gasteiger partial charge in [0.25, 0.3) is 6.43 Å². The van der Waals surface area contributed by atoms with Crippen LogP contribution in [0.25, 0.3) is 0 Å². The number of aromatic amines is 1. The summed E-state index contributed by atoms with van der Waals surface area (Å²) >= 11 is 5.26. The number of nitrogens with zero attached hydrogens (tertiary/aromatic N) is 1. The van der Waals surface area contributed by atoms with Crippen LogP contribution in [0, 0.1) is 13.8 Å². The Kier molecular flexibility index (Phi) is 10.6. The van der Waals surface area contributed by atoms with Gasteiger partial charge >= 0.3 is 12.1 Å². The molecule has 1 atom stereocenters. The van der Waals surface area contributed by atoms with Gasteiger partial charge in [-0.1, -0.05) is 0 Å². The van der Waals surface area contributed by atoms with E-state index < -0.39 is 31.3 Å². The van der Waals surface area contributed by atoms with Gasteiger partial charge in [0.2, 0.25) is 0 Å². The van der Waals surface area contributed by atoms with E-state index in [1.807, 2.05) is 0 Å². The molecule has 170 valence electrons. The molecule has 0 saturated heterocycles. The van der Waals surface area contributed by atoms with Crippen LogP contribution in [0.15, 0.2) is 0 Å².